The maximum Gasteiger partial charge on any atom is 0.325 e. The number of hydrogen-bond donors (Lipinski definition) is 1. The molecule has 1 N–H and O–H groups in total. The lowest BCUT2D eigenvalue weighted by molar-refractivity contribution is -0.121. The summed E-state index contributed by atoms with van der Waals surface area (Å²) in [6.45, 7) is 1.33. The maximum absolute atomic E-state index is 12.7. The molecule has 8 nitrogen and oxygen atoms in total. The van der Waals surface area contributed by atoms with Crippen LogP contribution >= 0.6 is 0 Å². The molecule has 0 atom stereocenters. The third-order valence-corrected chi connectivity index (χ3v) is 4.69. The van der Waals surface area contributed by atoms with Gasteiger partial charge in [-0.3, -0.25) is 9.69 Å². The highest BCUT2D eigenvalue weighted by molar-refractivity contribution is 5.97. The standard InChI is InChI=1S/C20H21N5O3/c1-28-17-7-3-2-6-16(17)25-11-10-24(20(25)27)14-19(26)21-12-15-13-23-9-5-4-8-18(23)22-15/h2-9,13H,10-12,14H2,1H3,(H,21,26). The number of aromatic nitrogens is 2. The first-order chi connectivity index (χ1) is 13.7. The molecule has 2 aromatic heterocycles. The number of nitrogens with one attached hydrogen (secondary N) is 1. The molecule has 0 radical (unpaired) electrons. The molecule has 0 spiro atoms. The third kappa shape index (κ3) is 3.48. The van der Waals surface area contributed by atoms with E-state index in [1.165, 1.54) is 4.90 Å². The van der Waals surface area contributed by atoms with Crippen LogP contribution in [0.3, 0.4) is 0 Å². The van der Waals surface area contributed by atoms with Crippen molar-refractivity contribution in [2.45, 2.75) is 6.54 Å². The Bertz CT molecular complexity index is 983. The minimum atomic E-state index is -0.215. The highest BCUT2D eigenvalue weighted by Gasteiger charge is 2.32. The molecular weight excluding hydrogens is 358 g/mol. The van der Waals surface area contributed by atoms with E-state index < -0.39 is 0 Å². The van der Waals surface area contributed by atoms with Crippen molar-refractivity contribution in [3.05, 3.63) is 60.6 Å². The van der Waals surface area contributed by atoms with Crippen LogP contribution in [0.2, 0.25) is 0 Å². The first kappa shape index (κ1) is 17.8. The number of amides is 3. The number of carbonyl (C=O) groups excluding carboxylic acids is 2. The van der Waals surface area contributed by atoms with E-state index in [0.29, 0.717) is 31.1 Å². The van der Waals surface area contributed by atoms with Gasteiger partial charge < -0.3 is 19.4 Å². The Morgan fingerprint density at radius 2 is 2.00 bits per heavy atom. The molecule has 144 valence electrons. The minimum Gasteiger partial charge on any atom is -0.495 e. The van der Waals surface area contributed by atoms with E-state index in [-0.39, 0.29) is 18.5 Å². The number of benzene rings is 1. The Labute approximate surface area is 162 Å². The number of imidazole rings is 1. The van der Waals surface area contributed by atoms with Gasteiger partial charge in [0, 0.05) is 25.5 Å². The number of para-hydroxylation sites is 2. The molecule has 0 aliphatic carbocycles. The van der Waals surface area contributed by atoms with E-state index in [4.69, 9.17) is 4.74 Å². The summed E-state index contributed by atoms with van der Waals surface area (Å²) in [6.07, 6.45) is 3.78. The van der Waals surface area contributed by atoms with E-state index >= 15 is 0 Å². The van der Waals surface area contributed by atoms with Crippen LogP contribution in [0, 0.1) is 0 Å². The average Bonchev–Trinajstić information content (AvgIpc) is 3.30. The molecule has 4 rings (SSSR count). The number of urea groups is 1. The molecule has 1 aliphatic rings. The van der Waals surface area contributed by atoms with Crippen molar-refractivity contribution >= 4 is 23.3 Å². The molecule has 28 heavy (non-hydrogen) atoms. The Morgan fingerprint density at radius 3 is 2.82 bits per heavy atom. The predicted octanol–water partition coefficient (Wildman–Crippen LogP) is 1.90. The van der Waals surface area contributed by atoms with Crippen molar-refractivity contribution in [3.8, 4) is 5.75 Å². The van der Waals surface area contributed by atoms with Crippen LogP contribution in [-0.4, -0.2) is 53.0 Å². The molecule has 1 aromatic carbocycles. The molecule has 0 bridgehead atoms. The number of ether oxygens (including phenoxy) is 1. The lowest BCUT2D eigenvalue weighted by atomic mass is 10.2. The van der Waals surface area contributed by atoms with Crippen LogP contribution in [0.5, 0.6) is 5.75 Å². The van der Waals surface area contributed by atoms with Crippen LogP contribution < -0.4 is 15.0 Å². The molecule has 0 saturated carbocycles. The number of anilines is 1. The predicted molar refractivity (Wildman–Crippen MR) is 104 cm³/mol. The number of methoxy groups -OCH3 is 1. The number of hydrogen-bond acceptors (Lipinski definition) is 4. The Morgan fingerprint density at radius 1 is 1.18 bits per heavy atom. The van der Waals surface area contributed by atoms with Gasteiger partial charge >= 0.3 is 6.03 Å². The molecule has 1 saturated heterocycles. The Hall–Kier alpha value is -3.55. The van der Waals surface area contributed by atoms with Crippen molar-refractivity contribution in [2.75, 3.05) is 31.6 Å². The quantitative estimate of drug-likeness (QED) is 0.710. The molecule has 1 fully saturated rings. The second-order valence-corrected chi connectivity index (χ2v) is 6.50. The van der Waals surface area contributed by atoms with E-state index in [1.807, 2.05) is 59.3 Å². The average molecular weight is 379 g/mol. The molecular formula is C20H21N5O3. The summed E-state index contributed by atoms with van der Waals surface area (Å²) in [5.41, 5.74) is 2.31. The van der Waals surface area contributed by atoms with Crippen LogP contribution in [0.1, 0.15) is 5.69 Å². The van der Waals surface area contributed by atoms with Crippen LogP contribution in [0.4, 0.5) is 10.5 Å². The second-order valence-electron chi connectivity index (χ2n) is 6.50. The number of pyridine rings is 1. The summed E-state index contributed by atoms with van der Waals surface area (Å²) in [5.74, 6) is 0.418. The lowest BCUT2D eigenvalue weighted by Crippen LogP contribution is -2.39. The SMILES string of the molecule is COc1ccccc1N1CCN(CC(=O)NCc2cn3ccccc3n2)C1=O. The number of carbonyl (C=O) groups is 2. The first-order valence-corrected chi connectivity index (χ1v) is 9.04. The van der Waals surface area contributed by atoms with Gasteiger partial charge in [-0.15, -0.1) is 0 Å². The van der Waals surface area contributed by atoms with Crippen LogP contribution in [0.15, 0.2) is 54.9 Å². The molecule has 0 unspecified atom stereocenters. The molecule has 3 heterocycles. The molecule has 3 amide bonds. The summed E-state index contributed by atoms with van der Waals surface area (Å²) in [4.78, 5) is 32.6. The van der Waals surface area contributed by atoms with E-state index in [9.17, 15) is 9.59 Å². The fourth-order valence-corrected chi connectivity index (χ4v) is 3.30. The normalized spacial score (nSPS) is 14.0. The van der Waals surface area contributed by atoms with Gasteiger partial charge in [0.05, 0.1) is 25.0 Å². The van der Waals surface area contributed by atoms with Gasteiger partial charge in [-0.25, -0.2) is 9.78 Å². The minimum absolute atomic E-state index is 0.0118. The molecule has 3 aromatic rings. The fraction of sp³-hybridized carbons (Fsp3) is 0.250. The van der Waals surface area contributed by atoms with Gasteiger partial charge in [-0.1, -0.05) is 18.2 Å². The Balaban J connectivity index is 1.35. The van der Waals surface area contributed by atoms with Crippen LogP contribution in [-0.2, 0) is 11.3 Å². The van der Waals surface area contributed by atoms with E-state index in [1.54, 1.807) is 12.0 Å². The first-order valence-electron chi connectivity index (χ1n) is 9.04. The smallest absolute Gasteiger partial charge is 0.325 e. The zero-order valence-electron chi connectivity index (χ0n) is 15.5. The summed E-state index contributed by atoms with van der Waals surface area (Å²) in [6, 6.07) is 12.9. The Kier molecular flexibility index (Phi) is 4.84. The zero-order chi connectivity index (χ0) is 19.5. The van der Waals surface area contributed by atoms with Crippen molar-refractivity contribution in [1.82, 2.24) is 19.6 Å². The number of rotatable bonds is 6. The van der Waals surface area contributed by atoms with Gasteiger partial charge in [-0.2, -0.15) is 0 Å². The van der Waals surface area contributed by atoms with Gasteiger partial charge in [0.25, 0.3) is 0 Å². The molecule has 8 heteroatoms. The van der Waals surface area contributed by atoms with E-state index in [2.05, 4.69) is 10.3 Å². The van der Waals surface area contributed by atoms with Gasteiger partial charge in [-0.05, 0) is 24.3 Å². The summed E-state index contributed by atoms with van der Waals surface area (Å²) in [5, 5.41) is 2.83. The fourth-order valence-electron chi connectivity index (χ4n) is 3.30. The van der Waals surface area contributed by atoms with Crippen LogP contribution in [0.25, 0.3) is 5.65 Å². The largest absolute Gasteiger partial charge is 0.495 e. The van der Waals surface area contributed by atoms with Crippen molar-refractivity contribution in [3.63, 3.8) is 0 Å². The lowest BCUT2D eigenvalue weighted by Gasteiger charge is -2.20. The van der Waals surface area contributed by atoms with Gasteiger partial charge in [0.1, 0.15) is 17.9 Å². The zero-order valence-corrected chi connectivity index (χ0v) is 15.5. The summed E-state index contributed by atoms with van der Waals surface area (Å²) >= 11 is 0. The summed E-state index contributed by atoms with van der Waals surface area (Å²) < 4.78 is 7.23. The van der Waals surface area contributed by atoms with E-state index in [0.717, 1.165) is 11.3 Å². The summed E-state index contributed by atoms with van der Waals surface area (Å²) in [7, 11) is 1.57. The topological polar surface area (TPSA) is 79.2 Å². The highest BCUT2D eigenvalue weighted by atomic mass is 16.5. The highest BCUT2D eigenvalue weighted by Crippen LogP contribution is 2.30. The second kappa shape index (κ2) is 7.59. The van der Waals surface area contributed by atoms with Crippen molar-refractivity contribution in [1.29, 1.82) is 0 Å². The van der Waals surface area contributed by atoms with Crippen molar-refractivity contribution < 1.29 is 14.3 Å². The maximum atomic E-state index is 12.7. The third-order valence-electron chi connectivity index (χ3n) is 4.69. The number of nitrogens with zero attached hydrogens (tertiary/aromatic N) is 4. The van der Waals surface area contributed by atoms with Crippen molar-refractivity contribution in [2.24, 2.45) is 0 Å². The number of fused-ring (bicyclic) bond motifs is 1. The monoisotopic (exact) mass is 379 g/mol. The molecule has 1 aliphatic heterocycles. The van der Waals surface area contributed by atoms with Gasteiger partial charge in [0.2, 0.25) is 5.91 Å². The van der Waals surface area contributed by atoms with Gasteiger partial charge in [0.15, 0.2) is 0 Å².